The Balaban J connectivity index is 1.60. The molecule has 0 saturated carbocycles. The number of aromatic nitrogens is 3. The van der Waals surface area contributed by atoms with Crippen molar-refractivity contribution in [1.82, 2.24) is 20.1 Å². The molecule has 10 nitrogen and oxygen atoms in total. The lowest BCUT2D eigenvalue weighted by atomic mass is 10.2. The maximum Gasteiger partial charge on any atom is 0.271 e. The van der Waals surface area contributed by atoms with E-state index in [-0.39, 0.29) is 34.6 Å². The van der Waals surface area contributed by atoms with Gasteiger partial charge in [-0.15, -0.1) is 10.2 Å². The Morgan fingerprint density at radius 3 is 2.61 bits per heavy atom. The maximum absolute atomic E-state index is 12.4. The fourth-order valence-electron chi connectivity index (χ4n) is 2.81. The second-order valence-electron chi connectivity index (χ2n) is 6.56. The van der Waals surface area contributed by atoms with Crippen LogP contribution in [-0.4, -0.2) is 37.3 Å². The van der Waals surface area contributed by atoms with Crippen molar-refractivity contribution in [3.8, 4) is 0 Å². The van der Waals surface area contributed by atoms with Gasteiger partial charge in [-0.25, -0.2) is 0 Å². The Kier molecular flexibility index (Phi) is 8.26. The quantitative estimate of drug-likeness (QED) is 0.251. The third-order valence-corrected chi connectivity index (χ3v) is 6.03. The van der Waals surface area contributed by atoms with Gasteiger partial charge >= 0.3 is 0 Å². The van der Waals surface area contributed by atoms with Gasteiger partial charge in [-0.3, -0.25) is 19.7 Å². The van der Waals surface area contributed by atoms with Gasteiger partial charge in [-0.2, -0.15) is 0 Å². The molecule has 0 atom stereocenters. The molecular weight excluding hydrogens is 491 g/mol. The number of nitro benzene ring substituents is 1. The normalized spacial score (nSPS) is 10.6. The summed E-state index contributed by atoms with van der Waals surface area (Å²) in [6, 6.07) is 10.5. The summed E-state index contributed by atoms with van der Waals surface area (Å²) in [7, 11) is 0. The molecule has 0 aliphatic heterocycles. The second-order valence-corrected chi connectivity index (χ2v) is 8.32. The van der Waals surface area contributed by atoms with Gasteiger partial charge in [-0.1, -0.05) is 47.1 Å². The summed E-state index contributed by atoms with van der Waals surface area (Å²) < 4.78 is 1.77. The molecule has 13 heteroatoms. The molecule has 0 aliphatic carbocycles. The number of anilines is 1. The van der Waals surface area contributed by atoms with E-state index < -0.39 is 10.8 Å². The van der Waals surface area contributed by atoms with E-state index in [1.54, 1.807) is 28.8 Å². The molecule has 33 heavy (non-hydrogen) atoms. The number of carbonyl (C=O) groups is 2. The van der Waals surface area contributed by atoms with Crippen molar-refractivity contribution >= 4 is 58.2 Å². The summed E-state index contributed by atoms with van der Waals surface area (Å²) in [5, 5.41) is 25.4. The standard InChI is InChI=1S/C20H18Cl2N6O4S/c1-2-27-17(10-23-19(30)13-5-3-4-6-14(13)21)25-26-20(27)33-11-18(29)24-16-9-12(28(31)32)7-8-15(16)22/h3-9H,2,10-11H2,1H3,(H,23,30)(H,24,29). The SMILES string of the molecule is CCn1c(CNC(=O)c2ccccc2Cl)nnc1SCC(=O)Nc1cc([N+](=O)[O-])ccc1Cl. The number of hydrogen-bond donors (Lipinski definition) is 2. The average Bonchev–Trinajstić information content (AvgIpc) is 3.19. The number of nitro groups is 1. The van der Waals surface area contributed by atoms with Crippen LogP contribution in [0.3, 0.4) is 0 Å². The Bertz CT molecular complexity index is 1200. The van der Waals surface area contributed by atoms with Crippen LogP contribution < -0.4 is 10.6 Å². The highest BCUT2D eigenvalue weighted by Crippen LogP contribution is 2.27. The zero-order chi connectivity index (χ0) is 24.0. The van der Waals surface area contributed by atoms with Crippen LogP contribution in [-0.2, 0) is 17.9 Å². The molecule has 0 radical (unpaired) electrons. The van der Waals surface area contributed by atoms with E-state index in [0.717, 1.165) is 11.8 Å². The largest absolute Gasteiger partial charge is 0.345 e. The maximum atomic E-state index is 12.4. The molecule has 3 aromatic rings. The number of benzene rings is 2. The lowest BCUT2D eigenvalue weighted by Crippen LogP contribution is -2.25. The number of non-ortho nitro benzene ring substituents is 1. The molecule has 3 rings (SSSR count). The lowest BCUT2D eigenvalue weighted by Gasteiger charge is -2.10. The van der Waals surface area contributed by atoms with Crippen molar-refractivity contribution < 1.29 is 14.5 Å². The van der Waals surface area contributed by atoms with Crippen LogP contribution >= 0.6 is 35.0 Å². The molecule has 2 aromatic carbocycles. The van der Waals surface area contributed by atoms with E-state index in [4.69, 9.17) is 23.2 Å². The molecule has 1 aromatic heterocycles. The summed E-state index contributed by atoms with van der Waals surface area (Å²) >= 11 is 13.2. The Labute approximate surface area is 202 Å². The van der Waals surface area contributed by atoms with Crippen LogP contribution in [0.4, 0.5) is 11.4 Å². The number of amides is 2. The van der Waals surface area contributed by atoms with Crippen molar-refractivity contribution in [1.29, 1.82) is 0 Å². The number of carbonyl (C=O) groups excluding carboxylic acids is 2. The van der Waals surface area contributed by atoms with E-state index in [9.17, 15) is 19.7 Å². The topological polar surface area (TPSA) is 132 Å². The molecule has 0 unspecified atom stereocenters. The Morgan fingerprint density at radius 2 is 1.91 bits per heavy atom. The second kappa shape index (κ2) is 11.1. The van der Waals surface area contributed by atoms with E-state index >= 15 is 0 Å². The highest BCUT2D eigenvalue weighted by molar-refractivity contribution is 7.99. The van der Waals surface area contributed by atoms with Crippen molar-refractivity contribution in [3.05, 3.63) is 74.0 Å². The molecule has 0 spiro atoms. The van der Waals surface area contributed by atoms with E-state index in [1.165, 1.54) is 18.2 Å². The van der Waals surface area contributed by atoms with Gasteiger partial charge in [0.05, 0.1) is 38.5 Å². The molecule has 1 heterocycles. The van der Waals surface area contributed by atoms with E-state index in [2.05, 4.69) is 20.8 Å². The van der Waals surface area contributed by atoms with Crippen molar-refractivity contribution in [2.75, 3.05) is 11.1 Å². The molecule has 2 amide bonds. The third kappa shape index (κ3) is 6.21. The number of thioether (sulfide) groups is 1. The van der Waals surface area contributed by atoms with Crippen LogP contribution in [0.25, 0.3) is 0 Å². The number of nitrogens with zero attached hydrogens (tertiary/aromatic N) is 4. The highest BCUT2D eigenvalue weighted by Gasteiger charge is 2.17. The zero-order valence-electron chi connectivity index (χ0n) is 17.2. The van der Waals surface area contributed by atoms with Crippen molar-refractivity contribution in [2.45, 2.75) is 25.2 Å². The first-order valence-electron chi connectivity index (χ1n) is 9.61. The van der Waals surface area contributed by atoms with Gasteiger partial charge in [-0.05, 0) is 25.1 Å². The van der Waals surface area contributed by atoms with Crippen LogP contribution in [0.2, 0.25) is 10.0 Å². The molecule has 0 saturated heterocycles. The van der Waals surface area contributed by atoms with Gasteiger partial charge in [0, 0.05) is 18.7 Å². The number of rotatable bonds is 9. The van der Waals surface area contributed by atoms with Gasteiger partial charge < -0.3 is 15.2 Å². The van der Waals surface area contributed by atoms with Crippen molar-refractivity contribution in [2.24, 2.45) is 0 Å². The molecule has 172 valence electrons. The number of halogens is 2. The van der Waals surface area contributed by atoms with Gasteiger partial charge in [0.25, 0.3) is 11.6 Å². The van der Waals surface area contributed by atoms with E-state index in [0.29, 0.717) is 28.1 Å². The van der Waals surface area contributed by atoms with Crippen molar-refractivity contribution in [3.63, 3.8) is 0 Å². The first-order valence-corrected chi connectivity index (χ1v) is 11.4. The summed E-state index contributed by atoms with van der Waals surface area (Å²) in [6.07, 6.45) is 0. The summed E-state index contributed by atoms with van der Waals surface area (Å²) in [6.45, 7) is 2.53. The Hall–Kier alpha value is -3.15. The fraction of sp³-hybridized carbons (Fsp3) is 0.200. The van der Waals surface area contributed by atoms with Gasteiger partial charge in [0.1, 0.15) is 0 Å². The molecule has 0 aliphatic rings. The zero-order valence-corrected chi connectivity index (χ0v) is 19.6. The fourth-order valence-corrected chi connectivity index (χ4v) is 4.02. The predicted octanol–water partition coefficient (Wildman–Crippen LogP) is 4.17. The smallest absolute Gasteiger partial charge is 0.271 e. The van der Waals surface area contributed by atoms with E-state index in [1.807, 2.05) is 6.92 Å². The first-order chi connectivity index (χ1) is 15.8. The average molecular weight is 509 g/mol. The van der Waals surface area contributed by atoms with Crippen LogP contribution in [0.5, 0.6) is 0 Å². The van der Waals surface area contributed by atoms with Crippen LogP contribution in [0.15, 0.2) is 47.6 Å². The highest BCUT2D eigenvalue weighted by atomic mass is 35.5. The molecule has 2 N–H and O–H groups in total. The Morgan fingerprint density at radius 1 is 1.15 bits per heavy atom. The lowest BCUT2D eigenvalue weighted by molar-refractivity contribution is -0.384. The molecule has 0 bridgehead atoms. The summed E-state index contributed by atoms with van der Waals surface area (Å²) in [5.41, 5.74) is 0.320. The van der Waals surface area contributed by atoms with Crippen LogP contribution in [0, 0.1) is 10.1 Å². The molecule has 0 fully saturated rings. The van der Waals surface area contributed by atoms with Gasteiger partial charge in [0.2, 0.25) is 5.91 Å². The minimum atomic E-state index is -0.573. The van der Waals surface area contributed by atoms with Gasteiger partial charge in [0.15, 0.2) is 11.0 Å². The minimum Gasteiger partial charge on any atom is -0.345 e. The third-order valence-electron chi connectivity index (χ3n) is 4.40. The van der Waals surface area contributed by atoms with Crippen LogP contribution in [0.1, 0.15) is 23.1 Å². The molecular formula is C20H18Cl2N6O4S. The minimum absolute atomic E-state index is 0.0247. The first kappa shape index (κ1) is 24.5. The summed E-state index contributed by atoms with van der Waals surface area (Å²) in [4.78, 5) is 35.1. The monoisotopic (exact) mass is 508 g/mol. The predicted molar refractivity (Wildman–Crippen MR) is 126 cm³/mol. The number of hydrogen-bond acceptors (Lipinski definition) is 7. The summed E-state index contributed by atoms with van der Waals surface area (Å²) in [5.74, 6) is -0.263. The number of nitrogens with one attached hydrogen (secondary N) is 2.